The second-order valence-electron chi connectivity index (χ2n) is 4.23. The van der Waals surface area contributed by atoms with E-state index in [0.717, 1.165) is 7.11 Å². The van der Waals surface area contributed by atoms with Gasteiger partial charge in [0.05, 0.1) is 0 Å². The van der Waals surface area contributed by atoms with Gasteiger partial charge in [0.25, 0.3) is 5.56 Å². The van der Waals surface area contributed by atoms with Gasteiger partial charge in [-0.3, -0.25) is 18.9 Å². The first-order valence-electron chi connectivity index (χ1n) is 5.87. The minimum Gasteiger partial charge on any atom is -0.340 e. The van der Waals surface area contributed by atoms with Crippen LogP contribution in [0.4, 0.5) is 0 Å². The van der Waals surface area contributed by atoms with Crippen LogP contribution in [0, 0.1) is 0 Å². The van der Waals surface area contributed by atoms with E-state index >= 15 is 0 Å². The Morgan fingerprint density at radius 1 is 1.55 bits per heavy atom. The fourth-order valence-corrected chi connectivity index (χ4v) is 2.26. The zero-order valence-corrected chi connectivity index (χ0v) is 11.6. The van der Waals surface area contributed by atoms with E-state index in [1.807, 2.05) is 0 Å². The first-order valence-corrected chi connectivity index (χ1v) is 7.63. The van der Waals surface area contributed by atoms with Crippen LogP contribution < -0.4 is 11.2 Å². The van der Waals surface area contributed by atoms with Crippen molar-refractivity contribution in [2.45, 2.75) is 25.4 Å². The highest BCUT2D eigenvalue weighted by molar-refractivity contribution is 7.52. The molecule has 1 aromatic heterocycles. The average Bonchev–Trinajstić information content (AvgIpc) is 2.85. The first-order chi connectivity index (χ1) is 9.41. The molecule has 1 saturated heterocycles. The molecule has 0 radical (unpaired) electrons. The molecular weight excluding hydrogens is 291 g/mol. The third-order valence-corrected chi connectivity index (χ3v) is 3.87. The van der Waals surface area contributed by atoms with Crippen LogP contribution in [-0.4, -0.2) is 34.2 Å². The summed E-state index contributed by atoms with van der Waals surface area (Å²) < 4.78 is 27.4. The zero-order valence-electron chi connectivity index (χ0n) is 10.7. The molecule has 1 unspecified atom stereocenters. The van der Waals surface area contributed by atoms with Gasteiger partial charge in [-0.15, -0.1) is 0 Å². The van der Waals surface area contributed by atoms with Crippen molar-refractivity contribution in [1.29, 1.82) is 0 Å². The Hall–Kier alpha value is -1.25. The molecule has 2 N–H and O–H groups in total. The van der Waals surface area contributed by atoms with E-state index in [4.69, 9.17) is 9.47 Å². The zero-order chi connectivity index (χ0) is 14.8. The lowest BCUT2D eigenvalue weighted by molar-refractivity contribution is -0.142. The van der Waals surface area contributed by atoms with Gasteiger partial charge in [0, 0.05) is 25.8 Å². The van der Waals surface area contributed by atoms with Gasteiger partial charge in [-0.1, -0.05) is 0 Å². The van der Waals surface area contributed by atoms with Gasteiger partial charge in [-0.25, -0.2) is 4.79 Å². The van der Waals surface area contributed by atoms with Crippen molar-refractivity contribution in [1.82, 2.24) is 9.55 Å². The van der Waals surface area contributed by atoms with E-state index in [9.17, 15) is 19.0 Å². The van der Waals surface area contributed by atoms with Crippen LogP contribution in [0.5, 0.6) is 0 Å². The van der Waals surface area contributed by atoms with Crippen molar-refractivity contribution < 1.29 is 23.5 Å². The molecule has 0 spiro atoms. The summed E-state index contributed by atoms with van der Waals surface area (Å²) in [5, 5.41) is 0. The van der Waals surface area contributed by atoms with E-state index in [1.165, 1.54) is 16.8 Å². The lowest BCUT2D eigenvalue weighted by Crippen LogP contribution is -2.31. The predicted octanol–water partition coefficient (Wildman–Crippen LogP) is -0.0224. The maximum Gasteiger partial charge on any atom is 0.353 e. The van der Waals surface area contributed by atoms with Gasteiger partial charge >= 0.3 is 13.3 Å². The van der Waals surface area contributed by atoms with Gasteiger partial charge in [-0.05, 0) is 6.42 Å². The fraction of sp³-hybridized carbons (Fsp3) is 0.600. The molecule has 112 valence electrons. The number of aromatic amines is 1. The van der Waals surface area contributed by atoms with Crippen molar-refractivity contribution in [3.8, 4) is 0 Å². The normalized spacial score (nSPS) is 25.5. The molecule has 20 heavy (non-hydrogen) atoms. The summed E-state index contributed by atoms with van der Waals surface area (Å²) in [6.07, 6.45) is 0.514. The van der Waals surface area contributed by atoms with Crippen LogP contribution in [0.25, 0.3) is 0 Å². The van der Waals surface area contributed by atoms with E-state index in [1.54, 1.807) is 0 Å². The Morgan fingerprint density at radius 2 is 2.30 bits per heavy atom. The number of aromatic nitrogens is 2. The van der Waals surface area contributed by atoms with Gasteiger partial charge in [0.1, 0.15) is 6.23 Å². The second kappa shape index (κ2) is 6.02. The van der Waals surface area contributed by atoms with Crippen LogP contribution >= 0.6 is 7.60 Å². The summed E-state index contributed by atoms with van der Waals surface area (Å²) in [5.41, 5.74) is -1.06. The van der Waals surface area contributed by atoms with Crippen molar-refractivity contribution in [2.75, 3.05) is 13.5 Å². The molecule has 1 fully saturated rings. The summed E-state index contributed by atoms with van der Waals surface area (Å²) in [4.78, 5) is 33.9. The molecule has 3 atom stereocenters. The lowest BCUT2D eigenvalue weighted by atomic mass is 10.3. The van der Waals surface area contributed by atoms with Gasteiger partial charge in [-0.2, -0.15) is 0 Å². The maximum atomic E-state index is 11.6. The van der Waals surface area contributed by atoms with Crippen LogP contribution in [0.2, 0.25) is 0 Å². The largest absolute Gasteiger partial charge is 0.353 e. The minimum atomic E-state index is -3.75. The monoisotopic (exact) mass is 306 g/mol. The molecule has 10 heteroatoms. The molecule has 0 aromatic carbocycles. The Balaban J connectivity index is 1.97. The number of nitrogens with one attached hydrogen (secondary N) is 1. The van der Waals surface area contributed by atoms with Gasteiger partial charge in [0.15, 0.2) is 12.6 Å². The molecule has 2 heterocycles. The summed E-state index contributed by atoms with van der Waals surface area (Å²) in [5.74, 6) is 0. The minimum absolute atomic E-state index is 0.458. The van der Waals surface area contributed by atoms with Crippen molar-refractivity contribution >= 4 is 7.60 Å². The fourth-order valence-electron chi connectivity index (χ4n) is 1.80. The van der Waals surface area contributed by atoms with Crippen LogP contribution in [0.1, 0.15) is 19.1 Å². The third-order valence-electron chi connectivity index (χ3n) is 2.83. The van der Waals surface area contributed by atoms with Crippen LogP contribution in [-0.2, 0) is 18.6 Å². The highest BCUT2D eigenvalue weighted by Crippen LogP contribution is 2.41. The number of nitrogens with zero attached hydrogens (tertiary/aromatic N) is 1. The summed E-state index contributed by atoms with van der Waals surface area (Å²) in [6.45, 7) is 0. The Morgan fingerprint density at radius 3 is 2.95 bits per heavy atom. The van der Waals surface area contributed by atoms with E-state index in [2.05, 4.69) is 9.51 Å². The van der Waals surface area contributed by atoms with Crippen molar-refractivity contribution in [3.05, 3.63) is 33.1 Å². The van der Waals surface area contributed by atoms with E-state index in [0.29, 0.717) is 12.8 Å². The van der Waals surface area contributed by atoms with Crippen LogP contribution in [0.3, 0.4) is 0 Å². The summed E-state index contributed by atoms with van der Waals surface area (Å²) in [7, 11) is -2.64. The Kier molecular flexibility index (Phi) is 4.56. The maximum absolute atomic E-state index is 11.6. The molecule has 2 rings (SSSR count). The molecule has 1 aliphatic heterocycles. The molecule has 0 amide bonds. The van der Waals surface area contributed by atoms with Crippen molar-refractivity contribution in [3.63, 3.8) is 0 Å². The molecule has 0 saturated carbocycles. The number of hydrogen-bond acceptors (Lipinski definition) is 6. The number of H-pyrrole nitrogens is 1. The molecule has 9 nitrogen and oxygen atoms in total. The molecule has 1 aromatic rings. The highest BCUT2D eigenvalue weighted by atomic mass is 31.2. The van der Waals surface area contributed by atoms with Gasteiger partial charge < -0.3 is 18.9 Å². The second-order valence-corrected chi connectivity index (χ2v) is 6.13. The summed E-state index contributed by atoms with van der Waals surface area (Å²) >= 11 is 0. The topological polar surface area (TPSA) is 120 Å². The third kappa shape index (κ3) is 3.65. The average molecular weight is 306 g/mol. The van der Waals surface area contributed by atoms with Crippen molar-refractivity contribution in [2.24, 2.45) is 0 Å². The molecule has 1 aliphatic rings. The molecule has 0 bridgehead atoms. The smallest absolute Gasteiger partial charge is 0.340 e. The quantitative estimate of drug-likeness (QED) is 0.733. The lowest BCUT2D eigenvalue weighted by Gasteiger charge is -2.17. The van der Waals surface area contributed by atoms with E-state index in [-0.39, 0.29) is 0 Å². The Bertz CT molecular complexity index is 625. The predicted molar refractivity (Wildman–Crippen MR) is 67.3 cm³/mol. The first kappa shape index (κ1) is 15.1. The molecule has 0 aliphatic carbocycles. The molecular formula is C10H15N2O7P. The Labute approximate surface area is 113 Å². The highest BCUT2D eigenvalue weighted by Gasteiger charge is 2.30. The number of hydrogen-bond donors (Lipinski definition) is 2. The standard InChI is InChI=1S/C10H15N2O7P/c1-17-20(15,16)6-18-9-3-2-8(19-9)12-5-4-7(13)11-10(12)14/h4-5,8-9H,2-3,6H2,1H3,(H,15,16)(H,11,13,14)/t8-,9+/m1/s1. The summed E-state index contributed by atoms with van der Waals surface area (Å²) in [6, 6.07) is 1.21. The van der Waals surface area contributed by atoms with Gasteiger partial charge in [0.2, 0.25) is 0 Å². The SMILES string of the molecule is COP(=O)(O)CO[C@@H]1CC[C@H](n2ccc(=O)[nH]c2=O)O1. The number of rotatable bonds is 5. The van der Waals surface area contributed by atoms with Crippen LogP contribution in [0.15, 0.2) is 21.9 Å². The number of ether oxygens (including phenoxy) is 2. The van der Waals surface area contributed by atoms with E-state index < -0.39 is 37.7 Å².